The monoisotopic (exact) mass is 337 g/mol. The molecule has 1 aromatic carbocycles. The highest BCUT2D eigenvalue weighted by Gasteiger charge is 2.36. The molecule has 0 saturated carbocycles. The van der Waals surface area contributed by atoms with Crippen molar-refractivity contribution in [1.29, 1.82) is 0 Å². The smallest absolute Gasteiger partial charge is 0.249 e. The number of benzene rings is 1. The first-order chi connectivity index (χ1) is 11.1. The predicted molar refractivity (Wildman–Crippen MR) is 87.6 cm³/mol. The number of halogens is 1. The average Bonchev–Trinajstić information content (AvgIpc) is 2.88. The quantitative estimate of drug-likeness (QED) is 0.861. The first kappa shape index (κ1) is 16.2. The van der Waals surface area contributed by atoms with Crippen molar-refractivity contribution >= 4 is 29.1 Å². The Hall–Kier alpha value is -1.63. The summed E-state index contributed by atoms with van der Waals surface area (Å²) in [6, 6.07) is 6.24. The number of anilines is 1. The SMILES string of the molecule is C[C@H]1OCCN[C@@H]1C(=O)NC1CCN(c2cccc(Cl)c2)C1=O. The molecule has 2 N–H and O–H groups in total. The molecule has 3 rings (SSSR count). The number of carbonyl (C=O) groups is 2. The van der Waals surface area contributed by atoms with Crippen LogP contribution in [0.4, 0.5) is 5.69 Å². The Kier molecular flexibility index (Phi) is 4.84. The Morgan fingerprint density at radius 1 is 1.48 bits per heavy atom. The third-order valence-corrected chi connectivity index (χ3v) is 4.48. The number of carbonyl (C=O) groups excluding carboxylic acids is 2. The molecule has 2 heterocycles. The lowest BCUT2D eigenvalue weighted by Crippen LogP contribution is -2.57. The number of amides is 2. The Balaban J connectivity index is 1.64. The zero-order valence-electron chi connectivity index (χ0n) is 12.9. The van der Waals surface area contributed by atoms with Gasteiger partial charge in [0.05, 0.1) is 12.7 Å². The maximum Gasteiger partial charge on any atom is 0.249 e. The van der Waals surface area contributed by atoms with Gasteiger partial charge < -0.3 is 20.3 Å². The molecule has 124 valence electrons. The van der Waals surface area contributed by atoms with E-state index in [1.54, 1.807) is 17.0 Å². The average molecular weight is 338 g/mol. The van der Waals surface area contributed by atoms with Crippen LogP contribution >= 0.6 is 11.6 Å². The van der Waals surface area contributed by atoms with Gasteiger partial charge in [-0.3, -0.25) is 9.59 Å². The molecular weight excluding hydrogens is 318 g/mol. The summed E-state index contributed by atoms with van der Waals surface area (Å²) in [6.45, 7) is 3.64. The van der Waals surface area contributed by atoms with Crippen molar-refractivity contribution in [3.63, 3.8) is 0 Å². The van der Waals surface area contributed by atoms with Gasteiger partial charge in [0.2, 0.25) is 11.8 Å². The van der Waals surface area contributed by atoms with E-state index < -0.39 is 12.1 Å². The number of ether oxygens (including phenoxy) is 1. The summed E-state index contributed by atoms with van der Waals surface area (Å²) in [5.74, 6) is -0.298. The summed E-state index contributed by atoms with van der Waals surface area (Å²) in [5.41, 5.74) is 0.756. The number of nitrogens with zero attached hydrogens (tertiary/aromatic N) is 1. The minimum atomic E-state index is -0.502. The van der Waals surface area contributed by atoms with Crippen LogP contribution in [0.25, 0.3) is 0 Å². The first-order valence-corrected chi connectivity index (χ1v) is 8.16. The minimum absolute atomic E-state index is 0.106. The molecule has 2 aliphatic rings. The van der Waals surface area contributed by atoms with E-state index in [9.17, 15) is 9.59 Å². The van der Waals surface area contributed by atoms with E-state index in [-0.39, 0.29) is 17.9 Å². The highest BCUT2D eigenvalue weighted by molar-refractivity contribution is 6.31. The fourth-order valence-electron chi connectivity index (χ4n) is 3.00. The van der Waals surface area contributed by atoms with E-state index in [1.165, 1.54) is 0 Å². The Bertz CT molecular complexity index is 610. The maximum atomic E-state index is 12.5. The molecule has 7 heteroatoms. The Morgan fingerprint density at radius 3 is 3.04 bits per heavy atom. The van der Waals surface area contributed by atoms with Crippen LogP contribution in [0.5, 0.6) is 0 Å². The van der Waals surface area contributed by atoms with E-state index in [4.69, 9.17) is 16.3 Å². The predicted octanol–water partition coefficient (Wildman–Crippen LogP) is 0.938. The third kappa shape index (κ3) is 3.49. The Morgan fingerprint density at radius 2 is 2.30 bits per heavy atom. The lowest BCUT2D eigenvalue weighted by molar-refractivity contribution is -0.132. The van der Waals surface area contributed by atoms with Crippen molar-refractivity contribution in [2.75, 3.05) is 24.6 Å². The van der Waals surface area contributed by atoms with Crippen LogP contribution in [0.1, 0.15) is 13.3 Å². The van der Waals surface area contributed by atoms with Crippen LogP contribution in [0.15, 0.2) is 24.3 Å². The maximum absolute atomic E-state index is 12.5. The number of morpholine rings is 1. The normalized spacial score (nSPS) is 28.0. The number of nitrogens with one attached hydrogen (secondary N) is 2. The molecule has 23 heavy (non-hydrogen) atoms. The van der Waals surface area contributed by atoms with Gasteiger partial charge in [0.1, 0.15) is 12.1 Å². The topological polar surface area (TPSA) is 70.7 Å². The minimum Gasteiger partial charge on any atom is -0.375 e. The van der Waals surface area contributed by atoms with Gasteiger partial charge in [0, 0.05) is 23.8 Å². The van der Waals surface area contributed by atoms with Gasteiger partial charge in [-0.1, -0.05) is 17.7 Å². The second-order valence-electron chi connectivity index (χ2n) is 5.83. The summed E-state index contributed by atoms with van der Waals surface area (Å²) in [6.07, 6.45) is 0.378. The highest BCUT2D eigenvalue weighted by atomic mass is 35.5. The molecule has 2 amide bonds. The summed E-state index contributed by atoms with van der Waals surface area (Å²) in [7, 11) is 0. The second-order valence-corrected chi connectivity index (χ2v) is 6.26. The van der Waals surface area contributed by atoms with Crippen LogP contribution in [0, 0.1) is 0 Å². The fraction of sp³-hybridized carbons (Fsp3) is 0.500. The van der Waals surface area contributed by atoms with Gasteiger partial charge in [0.25, 0.3) is 0 Å². The fourth-order valence-corrected chi connectivity index (χ4v) is 3.19. The van der Waals surface area contributed by atoms with Crippen molar-refractivity contribution in [2.24, 2.45) is 0 Å². The standard InChI is InChI=1S/C16H20ClN3O3/c1-10-14(18-6-8-23-10)15(21)19-13-5-7-20(16(13)22)12-4-2-3-11(17)9-12/h2-4,9-10,13-14,18H,5-8H2,1H3,(H,19,21)/t10-,13?,14+/m1/s1. The van der Waals surface area contributed by atoms with Gasteiger partial charge in [-0.2, -0.15) is 0 Å². The number of rotatable bonds is 3. The summed E-state index contributed by atoms with van der Waals surface area (Å²) in [5, 5.41) is 6.55. The number of hydrogen-bond donors (Lipinski definition) is 2. The summed E-state index contributed by atoms with van der Waals surface area (Å²) >= 11 is 5.98. The van der Waals surface area contributed by atoms with Crippen LogP contribution < -0.4 is 15.5 Å². The summed E-state index contributed by atoms with van der Waals surface area (Å²) in [4.78, 5) is 26.6. The van der Waals surface area contributed by atoms with E-state index >= 15 is 0 Å². The van der Waals surface area contributed by atoms with Gasteiger partial charge in [-0.15, -0.1) is 0 Å². The van der Waals surface area contributed by atoms with Gasteiger partial charge in [-0.25, -0.2) is 0 Å². The molecule has 1 unspecified atom stereocenters. The molecule has 1 aromatic rings. The molecule has 0 aliphatic carbocycles. The van der Waals surface area contributed by atoms with E-state index in [1.807, 2.05) is 19.1 Å². The Labute approximate surface area is 140 Å². The van der Waals surface area contributed by atoms with Crippen molar-refractivity contribution < 1.29 is 14.3 Å². The van der Waals surface area contributed by atoms with E-state index in [0.29, 0.717) is 31.1 Å². The van der Waals surface area contributed by atoms with Gasteiger partial charge in [0.15, 0.2) is 0 Å². The second kappa shape index (κ2) is 6.86. The molecule has 0 radical (unpaired) electrons. The third-order valence-electron chi connectivity index (χ3n) is 4.24. The van der Waals surface area contributed by atoms with Crippen molar-refractivity contribution in [2.45, 2.75) is 31.5 Å². The first-order valence-electron chi connectivity index (χ1n) is 7.78. The van der Waals surface area contributed by atoms with Crippen LogP contribution in [-0.2, 0) is 14.3 Å². The molecule has 0 aromatic heterocycles. The summed E-state index contributed by atoms with van der Waals surface area (Å²) < 4.78 is 5.47. The highest BCUT2D eigenvalue weighted by Crippen LogP contribution is 2.24. The molecule has 0 bridgehead atoms. The van der Waals surface area contributed by atoms with Crippen molar-refractivity contribution in [3.8, 4) is 0 Å². The zero-order valence-corrected chi connectivity index (χ0v) is 13.7. The van der Waals surface area contributed by atoms with E-state index in [2.05, 4.69) is 10.6 Å². The van der Waals surface area contributed by atoms with Crippen LogP contribution in [-0.4, -0.2) is 49.7 Å². The lowest BCUT2D eigenvalue weighted by atomic mass is 10.1. The lowest BCUT2D eigenvalue weighted by Gasteiger charge is -2.30. The number of hydrogen-bond acceptors (Lipinski definition) is 4. The molecule has 3 atom stereocenters. The molecule has 2 aliphatic heterocycles. The molecule has 2 fully saturated rings. The van der Waals surface area contributed by atoms with E-state index in [0.717, 1.165) is 5.69 Å². The van der Waals surface area contributed by atoms with Crippen molar-refractivity contribution in [1.82, 2.24) is 10.6 Å². The zero-order chi connectivity index (χ0) is 16.4. The molecule has 0 spiro atoms. The van der Waals surface area contributed by atoms with Gasteiger partial charge >= 0.3 is 0 Å². The van der Waals surface area contributed by atoms with Crippen LogP contribution in [0.2, 0.25) is 5.02 Å². The van der Waals surface area contributed by atoms with Gasteiger partial charge in [-0.05, 0) is 31.5 Å². The largest absolute Gasteiger partial charge is 0.375 e. The molecular formula is C16H20ClN3O3. The molecule has 6 nitrogen and oxygen atoms in total. The van der Waals surface area contributed by atoms with Crippen LogP contribution in [0.3, 0.4) is 0 Å². The molecule has 2 saturated heterocycles. The van der Waals surface area contributed by atoms with Crippen molar-refractivity contribution in [3.05, 3.63) is 29.3 Å².